The van der Waals surface area contributed by atoms with Gasteiger partial charge in [-0.1, -0.05) is 41.9 Å². The molecular weight excluding hydrogens is 642 g/mol. The van der Waals surface area contributed by atoms with Crippen LogP contribution in [0.25, 0.3) is 22.2 Å². The van der Waals surface area contributed by atoms with Gasteiger partial charge in [-0.3, -0.25) is 9.69 Å². The normalized spacial score (nSPS) is 17.6. The first kappa shape index (κ1) is 31.2. The van der Waals surface area contributed by atoms with Gasteiger partial charge in [0.2, 0.25) is 0 Å². The predicted octanol–water partition coefficient (Wildman–Crippen LogP) is 6.27. The first-order valence-electron chi connectivity index (χ1n) is 15.2. The number of aliphatic carboxylic acids is 1. The first-order valence-corrected chi connectivity index (χ1v) is 16.4. The van der Waals surface area contributed by atoms with Crippen molar-refractivity contribution < 1.29 is 34.0 Å². The van der Waals surface area contributed by atoms with E-state index in [0.717, 1.165) is 62.1 Å². The molecule has 0 saturated carbocycles. The number of aliphatic hydroxyl groups is 1. The molecule has 0 radical (unpaired) electrons. The van der Waals surface area contributed by atoms with Gasteiger partial charge in [0.05, 0.1) is 22.9 Å². The molecule has 242 valence electrons. The molecule has 2 N–H and O–H groups in total. The molecule has 0 unspecified atom stereocenters. The molecule has 2 aliphatic rings. The van der Waals surface area contributed by atoms with Crippen molar-refractivity contribution in [2.24, 2.45) is 0 Å². The number of carboxylic acid groups (broad SMARTS) is 1. The Bertz CT molecular complexity index is 1950. The Kier molecular flexibility index (Phi) is 8.87. The molecule has 2 aliphatic heterocycles. The SMILES string of the molecule is Cc1c(COc2cc(OCc3ccc4nsnc4c3)c(CN3C[C@H](O)C[C@@H]3C(=O)O)cc2Cl)cccc1-c1ccc2c(c1)OCCO2. The highest BCUT2D eigenvalue weighted by molar-refractivity contribution is 7.00. The van der Waals surface area contributed by atoms with Crippen molar-refractivity contribution in [3.8, 4) is 34.1 Å². The van der Waals surface area contributed by atoms with E-state index in [9.17, 15) is 15.0 Å². The van der Waals surface area contributed by atoms with Crippen LogP contribution in [0.5, 0.6) is 23.0 Å². The van der Waals surface area contributed by atoms with Crippen molar-refractivity contribution in [3.05, 3.63) is 94.0 Å². The largest absolute Gasteiger partial charge is 0.488 e. The van der Waals surface area contributed by atoms with Gasteiger partial charge in [0.1, 0.15) is 55.0 Å². The molecule has 5 aromatic rings. The number of nitrogens with zero attached hydrogens (tertiary/aromatic N) is 3. The Labute approximate surface area is 280 Å². The number of rotatable bonds is 10. The van der Waals surface area contributed by atoms with Crippen LogP contribution in [0.1, 0.15) is 28.7 Å². The summed E-state index contributed by atoms with van der Waals surface area (Å²) in [6.45, 7) is 4.08. The van der Waals surface area contributed by atoms with Crippen LogP contribution in [0.4, 0.5) is 0 Å². The van der Waals surface area contributed by atoms with Crippen LogP contribution in [0.2, 0.25) is 5.02 Å². The zero-order valence-corrected chi connectivity index (χ0v) is 27.1. The van der Waals surface area contributed by atoms with E-state index < -0.39 is 18.1 Å². The molecule has 7 rings (SSSR count). The second-order valence-corrected chi connectivity index (χ2v) is 12.6. The molecule has 0 spiro atoms. The highest BCUT2D eigenvalue weighted by atomic mass is 35.5. The molecule has 47 heavy (non-hydrogen) atoms. The monoisotopic (exact) mass is 673 g/mol. The van der Waals surface area contributed by atoms with Crippen LogP contribution in [0.15, 0.2) is 66.7 Å². The van der Waals surface area contributed by atoms with E-state index in [1.165, 1.54) is 0 Å². The number of β-amino-alcohol motifs (C(OH)–C–C–N with tert-alkyl or cyclic N) is 1. The third-order valence-corrected chi connectivity index (χ3v) is 9.40. The second-order valence-electron chi connectivity index (χ2n) is 11.7. The smallest absolute Gasteiger partial charge is 0.321 e. The number of aliphatic hydroxyl groups excluding tert-OH is 1. The minimum atomic E-state index is -0.978. The van der Waals surface area contributed by atoms with E-state index in [-0.39, 0.29) is 32.7 Å². The maximum absolute atomic E-state index is 11.9. The van der Waals surface area contributed by atoms with Gasteiger partial charge < -0.3 is 29.2 Å². The lowest BCUT2D eigenvalue weighted by atomic mass is 9.96. The van der Waals surface area contributed by atoms with Crippen molar-refractivity contribution in [1.82, 2.24) is 13.6 Å². The van der Waals surface area contributed by atoms with Crippen LogP contribution in [0, 0.1) is 6.92 Å². The lowest BCUT2D eigenvalue weighted by Gasteiger charge is -2.23. The Balaban J connectivity index is 1.14. The maximum Gasteiger partial charge on any atom is 0.321 e. The molecule has 1 fully saturated rings. The fraction of sp³-hybridized carbons (Fsp3) is 0.286. The van der Waals surface area contributed by atoms with Gasteiger partial charge in [0, 0.05) is 31.1 Å². The standard InChI is InChI=1S/C35H32ClN3O7S/c1-20-23(3-2-4-26(20)22-6-8-31-34(13-22)44-10-9-43-31)19-46-33-15-32(45-18-21-5-7-28-29(11-21)38-47-37-28)24(12-27(33)36)16-39-17-25(40)14-30(39)35(41)42/h2-8,11-13,15,25,30,40H,9-10,14,16-19H2,1H3,(H,41,42)/t25-,30-/m1/s1. The number of likely N-dealkylation sites (tertiary alicyclic amines) is 1. The summed E-state index contributed by atoms with van der Waals surface area (Å²) >= 11 is 7.94. The molecule has 1 saturated heterocycles. The summed E-state index contributed by atoms with van der Waals surface area (Å²) in [7, 11) is 0. The molecule has 0 amide bonds. The van der Waals surface area contributed by atoms with Crippen molar-refractivity contribution in [1.29, 1.82) is 0 Å². The highest BCUT2D eigenvalue weighted by Crippen LogP contribution is 2.38. The fourth-order valence-electron chi connectivity index (χ4n) is 6.07. The van der Waals surface area contributed by atoms with Gasteiger partial charge in [-0.05, 0) is 65.1 Å². The summed E-state index contributed by atoms with van der Waals surface area (Å²) in [6.07, 6.45) is -0.564. The molecule has 1 aromatic heterocycles. The first-order chi connectivity index (χ1) is 22.8. The fourth-order valence-corrected chi connectivity index (χ4v) is 6.83. The number of aromatic nitrogens is 2. The zero-order valence-electron chi connectivity index (χ0n) is 25.5. The maximum atomic E-state index is 11.9. The number of fused-ring (bicyclic) bond motifs is 2. The quantitative estimate of drug-likeness (QED) is 0.175. The van der Waals surface area contributed by atoms with Gasteiger partial charge >= 0.3 is 5.97 Å². The van der Waals surface area contributed by atoms with Crippen LogP contribution in [-0.2, 0) is 24.6 Å². The van der Waals surface area contributed by atoms with Crippen LogP contribution < -0.4 is 18.9 Å². The van der Waals surface area contributed by atoms with E-state index in [2.05, 4.69) is 21.7 Å². The molecule has 2 atom stereocenters. The number of carbonyl (C=O) groups is 1. The molecule has 10 nitrogen and oxygen atoms in total. The van der Waals surface area contributed by atoms with E-state index in [0.29, 0.717) is 35.3 Å². The summed E-state index contributed by atoms with van der Waals surface area (Å²) in [4.78, 5) is 13.7. The third-order valence-electron chi connectivity index (χ3n) is 8.55. The average Bonchev–Trinajstić information content (AvgIpc) is 3.70. The second kappa shape index (κ2) is 13.4. The predicted molar refractivity (Wildman–Crippen MR) is 178 cm³/mol. The van der Waals surface area contributed by atoms with Gasteiger partial charge in [0.15, 0.2) is 11.5 Å². The summed E-state index contributed by atoms with van der Waals surface area (Å²) in [5.74, 6) is 1.44. The van der Waals surface area contributed by atoms with Crippen molar-refractivity contribution in [3.63, 3.8) is 0 Å². The molecule has 0 aliphatic carbocycles. The van der Waals surface area contributed by atoms with E-state index >= 15 is 0 Å². The van der Waals surface area contributed by atoms with Crippen molar-refractivity contribution in [2.45, 2.75) is 45.2 Å². The Morgan fingerprint density at radius 1 is 0.957 bits per heavy atom. The molecule has 4 aromatic carbocycles. The lowest BCUT2D eigenvalue weighted by molar-refractivity contribution is -0.142. The Morgan fingerprint density at radius 2 is 1.77 bits per heavy atom. The lowest BCUT2D eigenvalue weighted by Crippen LogP contribution is -2.35. The number of ether oxygens (including phenoxy) is 4. The topological polar surface area (TPSA) is 123 Å². The molecule has 12 heteroatoms. The van der Waals surface area contributed by atoms with Gasteiger partial charge in [-0.25, -0.2) is 0 Å². The van der Waals surface area contributed by atoms with Gasteiger partial charge in [-0.15, -0.1) is 0 Å². The van der Waals surface area contributed by atoms with E-state index in [4.69, 9.17) is 30.5 Å². The Hall–Kier alpha value is -4.42. The summed E-state index contributed by atoms with van der Waals surface area (Å²) < 4.78 is 32.7. The summed E-state index contributed by atoms with van der Waals surface area (Å²) in [6, 6.07) is 20.5. The minimum Gasteiger partial charge on any atom is -0.488 e. The molecular formula is C35H32ClN3O7S. The van der Waals surface area contributed by atoms with E-state index in [1.807, 2.05) is 48.5 Å². The number of hydrogen-bond donors (Lipinski definition) is 2. The average molecular weight is 674 g/mol. The van der Waals surface area contributed by atoms with E-state index in [1.54, 1.807) is 17.0 Å². The molecule has 0 bridgehead atoms. The van der Waals surface area contributed by atoms with Crippen LogP contribution >= 0.6 is 23.3 Å². The number of benzene rings is 4. The van der Waals surface area contributed by atoms with Crippen molar-refractivity contribution >= 4 is 40.3 Å². The van der Waals surface area contributed by atoms with Crippen molar-refractivity contribution in [2.75, 3.05) is 19.8 Å². The van der Waals surface area contributed by atoms with Gasteiger partial charge in [-0.2, -0.15) is 8.75 Å². The number of halogens is 1. The molecule has 3 heterocycles. The Morgan fingerprint density at radius 3 is 2.62 bits per heavy atom. The third kappa shape index (κ3) is 6.70. The highest BCUT2D eigenvalue weighted by Gasteiger charge is 2.36. The number of carboxylic acids is 1. The summed E-state index contributed by atoms with van der Waals surface area (Å²) in [5.41, 5.74) is 7.33. The van der Waals surface area contributed by atoms with Gasteiger partial charge in [0.25, 0.3) is 0 Å². The van der Waals surface area contributed by atoms with Crippen LogP contribution in [-0.4, -0.2) is 61.7 Å². The summed E-state index contributed by atoms with van der Waals surface area (Å²) in [5, 5.41) is 20.4. The minimum absolute atomic E-state index is 0.160. The zero-order chi connectivity index (χ0) is 32.5. The number of hydrogen-bond acceptors (Lipinski definition) is 10. The van der Waals surface area contributed by atoms with Crippen LogP contribution in [0.3, 0.4) is 0 Å².